The Morgan fingerprint density at radius 2 is 1.62 bits per heavy atom. The Morgan fingerprint density at radius 1 is 0.923 bits per heavy atom. The molecule has 204 valence electrons. The Morgan fingerprint density at radius 3 is 2.26 bits per heavy atom. The molecular weight excluding hydrogens is 512 g/mol. The van der Waals surface area contributed by atoms with E-state index >= 15 is 0 Å². The highest BCUT2D eigenvalue weighted by molar-refractivity contribution is 7.80. The van der Waals surface area contributed by atoms with Crippen molar-refractivity contribution >= 4 is 40.5 Å². The van der Waals surface area contributed by atoms with E-state index in [2.05, 4.69) is 15.5 Å². The molecule has 0 saturated carbocycles. The van der Waals surface area contributed by atoms with E-state index in [-0.39, 0.29) is 23.0 Å². The zero-order valence-electron chi connectivity index (χ0n) is 22.5. The molecule has 1 heterocycles. The molecule has 39 heavy (non-hydrogen) atoms. The fourth-order valence-electron chi connectivity index (χ4n) is 4.20. The number of carbonyl (C=O) groups is 2. The van der Waals surface area contributed by atoms with E-state index in [1.807, 2.05) is 49.1 Å². The normalized spacial score (nSPS) is 13.8. The number of anilines is 2. The summed E-state index contributed by atoms with van der Waals surface area (Å²) in [5.74, 6) is 1.11. The van der Waals surface area contributed by atoms with Gasteiger partial charge in [0.2, 0.25) is 0 Å². The van der Waals surface area contributed by atoms with Gasteiger partial charge in [0.15, 0.2) is 5.11 Å². The molecule has 1 atom stereocenters. The van der Waals surface area contributed by atoms with Crippen LogP contribution < -0.4 is 25.0 Å². The quantitative estimate of drug-likeness (QED) is 0.387. The van der Waals surface area contributed by atoms with Crippen molar-refractivity contribution in [2.75, 3.05) is 43.5 Å². The summed E-state index contributed by atoms with van der Waals surface area (Å²) >= 11 is 5.35. The maximum Gasteiger partial charge on any atom is 0.257 e. The van der Waals surface area contributed by atoms with Crippen LogP contribution in [-0.2, 0) is 0 Å². The van der Waals surface area contributed by atoms with E-state index in [0.717, 1.165) is 36.6 Å². The van der Waals surface area contributed by atoms with E-state index in [1.54, 1.807) is 49.6 Å². The summed E-state index contributed by atoms with van der Waals surface area (Å²) in [6.07, 6.45) is 0.948. The highest BCUT2D eigenvalue weighted by Gasteiger charge is 2.22. The average Bonchev–Trinajstić information content (AvgIpc) is 2.97. The van der Waals surface area contributed by atoms with Gasteiger partial charge in [0.25, 0.3) is 11.8 Å². The van der Waals surface area contributed by atoms with Gasteiger partial charge in [-0.15, -0.1) is 0 Å². The predicted octanol–water partition coefficient (Wildman–Crippen LogP) is 4.96. The molecule has 2 amide bonds. The average molecular weight is 547 g/mol. The van der Waals surface area contributed by atoms with Crippen LogP contribution in [-0.4, -0.2) is 61.2 Å². The molecular formula is C30H34N4O4S. The summed E-state index contributed by atoms with van der Waals surface area (Å²) in [4.78, 5) is 29.6. The van der Waals surface area contributed by atoms with E-state index in [4.69, 9.17) is 21.7 Å². The van der Waals surface area contributed by atoms with Gasteiger partial charge in [0, 0.05) is 48.7 Å². The van der Waals surface area contributed by atoms with E-state index in [0.29, 0.717) is 30.0 Å². The zero-order chi connectivity index (χ0) is 27.8. The minimum absolute atomic E-state index is 0.0298. The van der Waals surface area contributed by atoms with Gasteiger partial charge in [-0.1, -0.05) is 13.0 Å². The van der Waals surface area contributed by atoms with E-state index < -0.39 is 0 Å². The van der Waals surface area contributed by atoms with Gasteiger partial charge in [0.05, 0.1) is 13.2 Å². The van der Waals surface area contributed by atoms with Crippen molar-refractivity contribution in [1.29, 1.82) is 0 Å². The number of ether oxygens (including phenoxy) is 2. The Balaban J connectivity index is 1.26. The summed E-state index contributed by atoms with van der Waals surface area (Å²) in [5.41, 5.74) is 2.96. The van der Waals surface area contributed by atoms with Crippen LogP contribution in [0.3, 0.4) is 0 Å². The van der Waals surface area contributed by atoms with Crippen molar-refractivity contribution in [3.63, 3.8) is 0 Å². The monoisotopic (exact) mass is 546 g/mol. The van der Waals surface area contributed by atoms with Crippen LogP contribution in [0.25, 0.3) is 0 Å². The summed E-state index contributed by atoms with van der Waals surface area (Å²) in [5, 5.41) is 6.00. The van der Waals surface area contributed by atoms with Crippen LogP contribution in [0.15, 0.2) is 72.8 Å². The molecule has 1 fully saturated rings. The number of rotatable bonds is 8. The van der Waals surface area contributed by atoms with Crippen LogP contribution in [0.2, 0.25) is 0 Å². The summed E-state index contributed by atoms with van der Waals surface area (Å²) in [6, 6.07) is 22.1. The molecule has 8 nitrogen and oxygen atoms in total. The van der Waals surface area contributed by atoms with Gasteiger partial charge in [-0.2, -0.15) is 0 Å². The highest BCUT2D eigenvalue weighted by atomic mass is 32.1. The van der Waals surface area contributed by atoms with Crippen LogP contribution in [0.1, 0.15) is 41.0 Å². The van der Waals surface area contributed by atoms with Gasteiger partial charge >= 0.3 is 0 Å². The Hall–Kier alpha value is -4.11. The van der Waals surface area contributed by atoms with Gasteiger partial charge in [0.1, 0.15) is 11.5 Å². The number of nitrogens with zero attached hydrogens (tertiary/aromatic N) is 2. The van der Waals surface area contributed by atoms with Crippen molar-refractivity contribution in [2.24, 2.45) is 0 Å². The topological polar surface area (TPSA) is 83.1 Å². The molecule has 0 unspecified atom stereocenters. The number of piperazine rings is 1. The first-order chi connectivity index (χ1) is 18.9. The maximum absolute atomic E-state index is 12.8. The highest BCUT2D eigenvalue weighted by Crippen LogP contribution is 2.21. The molecule has 0 spiro atoms. The molecule has 1 saturated heterocycles. The lowest BCUT2D eigenvalue weighted by atomic mass is 10.1. The minimum Gasteiger partial charge on any atom is -0.497 e. The maximum atomic E-state index is 12.8. The summed E-state index contributed by atoms with van der Waals surface area (Å²) in [7, 11) is 1.61. The van der Waals surface area contributed by atoms with Crippen molar-refractivity contribution in [2.45, 2.75) is 26.4 Å². The van der Waals surface area contributed by atoms with Gasteiger partial charge in [-0.05, 0) is 92.3 Å². The number of thiocarbonyl (C=S) groups is 1. The lowest BCUT2D eigenvalue weighted by Gasteiger charge is -2.36. The van der Waals surface area contributed by atoms with Crippen LogP contribution in [0, 0.1) is 0 Å². The molecule has 0 radical (unpaired) electrons. The second-order valence-electron chi connectivity index (χ2n) is 9.33. The fourth-order valence-corrected chi connectivity index (χ4v) is 4.41. The molecule has 3 aromatic rings. The largest absolute Gasteiger partial charge is 0.497 e. The first-order valence-electron chi connectivity index (χ1n) is 13.0. The van der Waals surface area contributed by atoms with Crippen molar-refractivity contribution in [3.05, 3.63) is 83.9 Å². The first kappa shape index (κ1) is 27.9. The summed E-state index contributed by atoms with van der Waals surface area (Å²) in [6.45, 7) is 6.80. The molecule has 3 aromatic carbocycles. The van der Waals surface area contributed by atoms with Crippen LogP contribution in [0.4, 0.5) is 11.4 Å². The van der Waals surface area contributed by atoms with Crippen molar-refractivity contribution < 1.29 is 19.1 Å². The third-order valence-corrected chi connectivity index (χ3v) is 6.83. The van der Waals surface area contributed by atoms with Gasteiger partial charge in [-0.3, -0.25) is 14.9 Å². The van der Waals surface area contributed by atoms with Crippen LogP contribution >= 0.6 is 12.2 Å². The number of hydrogen-bond acceptors (Lipinski definition) is 6. The standard InChI is InChI=1S/C30H34N4O4S/c1-4-21(2)38-27-7-5-6-23(20-27)28(35)32-30(39)31-24-10-12-25(13-11-24)33-16-18-34(19-17-33)29(36)22-8-14-26(37-3)15-9-22/h5-15,20-21H,4,16-19H2,1-3H3,(H2,31,32,35,39)/t21-/m0/s1. The second-order valence-corrected chi connectivity index (χ2v) is 9.74. The van der Waals surface area contributed by atoms with Crippen LogP contribution in [0.5, 0.6) is 11.5 Å². The predicted molar refractivity (Wildman–Crippen MR) is 158 cm³/mol. The second kappa shape index (κ2) is 13.1. The number of carbonyl (C=O) groups excluding carboxylic acids is 2. The molecule has 1 aliphatic heterocycles. The first-order valence-corrected chi connectivity index (χ1v) is 13.4. The molecule has 0 aromatic heterocycles. The Kier molecular flexibility index (Phi) is 9.38. The number of benzene rings is 3. The molecule has 0 aliphatic carbocycles. The summed E-state index contributed by atoms with van der Waals surface area (Å²) < 4.78 is 11.0. The fraction of sp³-hybridized carbons (Fsp3) is 0.300. The number of methoxy groups -OCH3 is 1. The third kappa shape index (κ3) is 7.48. The molecule has 4 rings (SSSR count). The molecule has 2 N–H and O–H groups in total. The molecule has 9 heteroatoms. The van der Waals surface area contributed by atoms with Crippen molar-refractivity contribution in [3.8, 4) is 11.5 Å². The Bertz CT molecular complexity index is 1290. The zero-order valence-corrected chi connectivity index (χ0v) is 23.3. The van der Waals surface area contributed by atoms with Crippen molar-refractivity contribution in [1.82, 2.24) is 10.2 Å². The third-order valence-electron chi connectivity index (χ3n) is 6.63. The van der Waals surface area contributed by atoms with Gasteiger partial charge in [-0.25, -0.2) is 0 Å². The smallest absolute Gasteiger partial charge is 0.257 e. The molecule has 1 aliphatic rings. The van der Waals surface area contributed by atoms with E-state index in [1.165, 1.54) is 0 Å². The minimum atomic E-state index is -0.305. The molecule has 0 bridgehead atoms. The number of amides is 2. The number of hydrogen-bond donors (Lipinski definition) is 2. The van der Waals surface area contributed by atoms with E-state index in [9.17, 15) is 9.59 Å². The lowest BCUT2D eigenvalue weighted by Crippen LogP contribution is -2.48. The lowest BCUT2D eigenvalue weighted by molar-refractivity contribution is 0.0746. The number of nitrogens with one attached hydrogen (secondary N) is 2. The van der Waals surface area contributed by atoms with Gasteiger partial charge < -0.3 is 24.6 Å². The Labute approximate surface area is 234 Å². The SMILES string of the molecule is CC[C@H](C)Oc1cccc(C(=O)NC(=S)Nc2ccc(N3CCN(C(=O)c4ccc(OC)cc4)CC3)cc2)c1.